The molecule has 1 aromatic heterocycles. The van der Waals surface area contributed by atoms with Gasteiger partial charge in [0, 0.05) is 24.1 Å². The number of aromatic nitrogens is 2. The summed E-state index contributed by atoms with van der Waals surface area (Å²) in [6, 6.07) is 6.95. The van der Waals surface area contributed by atoms with Crippen LogP contribution in [-0.2, 0) is 17.8 Å². The molecule has 0 saturated heterocycles. The Morgan fingerprint density at radius 1 is 1.25 bits per heavy atom. The van der Waals surface area contributed by atoms with Crippen LogP contribution in [0.15, 0.2) is 24.3 Å². The fourth-order valence-corrected chi connectivity index (χ4v) is 2.29. The van der Waals surface area contributed by atoms with Crippen molar-refractivity contribution in [2.45, 2.75) is 20.0 Å². The Bertz CT molecular complexity index is 611. The molecular weight excluding hydrogens is 254 g/mol. The molecule has 0 saturated carbocycles. The molecule has 0 amide bonds. The number of nitrogens with one attached hydrogen (secondary N) is 1. The van der Waals surface area contributed by atoms with Gasteiger partial charge in [0.25, 0.3) is 0 Å². The average molecular weight is 271 g/mol. The third kappa shape index (κ3) is 2.44. The highest BCUT2D eigenvalue weighted by Gasteiger charge is 2.18. The molecule has 3 rings (SSSR count). The Morgan fingerprint density at radius 3 is 2.80 bits per heavy atom. The fraction of sp³-hybridized carbons (Fsp3) is 0.333. The number of aromatic hydroxyl groups is 1. The van der Waals surface area contributed by atoms with Crippen LogP contribution >= 0.6 is 0 Å². The summed E-state index contributed by atoms with van der Waals surface area (Å²) >= 11 is 0. The third-order valence-electron chi connectivity index (χ3n) is 3.29. The number of fused-ring (bicyclic) bond motifs is 1. The van der Waals surface area contributed by atoms with Crippen LogP contribution in [0.1, 0.15) is 18.2 Å². The van der Waals surface area contributed by atoms with Crippen molar-refractivity contribution in [1.82, 2.24) is 9.97 Å². The minimum atomic E-state index is 0.243. The first-order valence-corrected chi connectivity index (χ1v) is 6.78. The van der Waals surface area contributed by atoms with E-state index in [9.17, 15) is 5.11 Å². The second-order valence-electron chi connectivity index (χ2n) is 4.70. The molecule has 104 valence electrons. The van der Waals surface area contributed by atoms with Gasteiger partial charge in [0.15, 0.2) is 5.82 Å². The first kappa shape index (κ1) is 12.9. The summed E-state index contributed by atoms with van der Waals surface area (Å²) in [6.45, 7) is 4.11. The van der Waals surface area contributed by atoms with Crippen molar-refractivity contribution in [3.8, 4) is 17.1 Å². The molecule has 2 aromatic rings. The number of phenols is 1. The molecule has 0 fully saturated rings. The number of phenolic OH excluding ortho intramolecular Hbond substituents is 1. The molecule has 0 aliphatic carbocycles. The lowest BCUT2D eigenvalue weighted by Gasteiger charge is -2.20. The van der Waals surface area contributed by atoms with E-state index in [1.807, 2.05) is 19.1 Å². The minimum absolute atomic E-state index is 0.243. The molecule has 5 nitrogen and oxygen atoms in total. The number of hydrogen-bond donors (Lipinski definition) is 2. The van der Waals surface area contributed by atoms with Gasteiger partial charge >= 0.3 is 0 Å². The summed E-state index contributed by atoms with van der Waals surface area (Å²) in [5.41, 5.74) is 3.00. The topological polar surface area (TPSA) is 67.3 Å². The normalized spacial score (nSPS) is 13.8. The maximum absolute atomic E-state index is 9.36. The number of nitrogens with zero attached hydrogens (tertiary/aromatic N) is 2. The SMILES string of the molecule is CCNc1nc(-c2ccc(O)cc2)nc2c1COCC2. The van der Waals surface area contributed by atoms with E-state index in [1.165, 1.54) is 0 Å². The second kappa shape index (κ2) is 5.46. The monoisotopic (exact) mass is 271 g/mol. The smallest absolute Gasteiger partial charge is 0.161 e. The summed E-state index contributed by atoms with van der Waals surface area (Å²) in [4.78, 5) is 9.24. The first-order valence-electron chi connectivity index (χ1n) is 6.78. The maximum Gasteiger partial charge on any atom is 0.161 e. The molecule has 2 heterocycles. The Hall–Kier alpha value is -2.14. The molecule has 5 heteroatoms. The Morgan fingerprint density at radius 2 is 2.05 bits per heavy atom. The number of rotatable bonds is 3. The zero-order valence-corrected chi connectivity index (χ0v) is 11.4. The maximum atomic E-state index is 9.36. The second-order valence-corrected chi connectivity index (χ2v) is 4.70. The largest absolute Gasteiger partial charge is 0.508 e. The molecule has 1 aromatic carbocycles. The fourth-order valence-electron chi connectivity index (χ4n) is 2.29. The standard InChI is InChI=1S/C15H17N3O2/c1-2-16-15-12-9-20-8-7-13(12)17-14(18-15)10-3-5-11(19)6-4-10/h3-6,19H,2,7-9H2,1H3,(H,16,17,18). The van der Waals surface area contributed by atoms with Crippen LogP contribution in [0.5, 0.6) is 5.75 Å². The van der Waals surface area contributed by atoms with E-state index in [0.717, 1.165) is 35.6 Å². The summed E-state index contributed by atoms with van der Waals surface area (Å²) in [5, 5.41) is 12.6. The van der Waals surface area contributed by atoms with Crippen LogP contribution in [-0.4, -0.2) is 28.2 Å². The molecular formula is C15H17N3O2. The van der Waals surface area contributed by atoms with Crippen molar-refractivity contribution in [2.75, 3.05) is 18.5 Å². The quantitative estimate of drug-likeness (QED) is 0.897. The van der Waals surface area contributed by atoms with Gasteiger partial charge in [-0.1, -0.05) is 0 Å². The lowest BCUT2D eigenvalue weighted by Crippen LogP contribution is -2.17. The van der Waals surface area contributed by atoms with Gasteiger partial charge < -0.3 is 15.2 Å². The van der Waals surface area contributed by atoms with E-state index in [0.29, 0.717) is 19.0 Å². The Balaban J connectivity index is 2.07. The zero-order chi connectivity index (χ0) is 13.9. The van der Waals surface area contributed by atoms with Gasteiger partial charge in [-0.25, -0.2) is 9.97 Å². The van der Waals surface area contributed by atoms with Gasteiger partial charge in [-0.3, -0.25) is 0 Å². The highest BCUT2D eigenvalue weighted by atomic mass is 16.5. The molecule has 0 atom stereocenters. The highest BCUT2D eigenvalue weighted by molar-refractivity contribution is 5.61. The summed E-state index contributed by atoms with van der Waals surface area (Å²) in [5.74, 6) is 1.77. The van der Waals surface area contributed by atoms with E-state index in [-0.39, 0.29) is 5.75 Å². The van der Waals surface area contributed by atoms with Crippen LogP contribution in [0, 0.1) is 0 Å². The zero-order valence-electron chi connectivity index (χ0n) is 11.4. The molecule has 1 aliphatic rings. The molecule has 20 heavy (non-hydrogen) atoms. The van der Waals surface area contributed by atoms with Crippen molar-refractivity contribution in [3.05, 3.63) is 35.5 Å². The van der Waals surface area contributed by atoms with Crippen molar-refractivity contribution in [2.24, 2.45) is 0 Å². The molecule has 2 N–H and O–H groups in total. The molecule has 0 bridgehead atoms. The number of anilines is 1. The van der Waals surface area contributed by atoms with Gasteiger partial charge in [0.2, 0.25) is 0 Å². The average Bonchev–Trinajstić information content (AvgIpc) is 2.48. The van der Waals surface area contributed by atoms with Gasteiger partial charge in [0.05, 0.1) is 18.9 Å². The molecule has 1 aliphatic heterocycles. The van der Waals surface area contributed by atoms with Crippen molar-refractivity contribution >= 4 is 5.82 Å². The third-order valence-corrected chi connectivity index (χ3v) is 3.29. The van der Waals surface area contributed by atoms with Gasteiger partial charge in [-0.2, -0.15) is 0 Å². The van der Waals surface area contributed by atoms with Crippen LogP contribution in [0.4, 0.5) is 5.82 Å². The van der Waals surface area contributed by atoms with E-state index < -0.39 is 0 Å². The van der Waals surface area contributed by atoms with Crippen molar-refractivity contribution in [1.29, 1.82) is 0 Å². The summed E-state index contributed by atoms with van der Waals surface area (Å²) < 4.78 is 5.49. The predicted octanol–water partition coefficient (Wildman–Crippen LogP) is 2.35. The van der Waals surface area contributed by atoms with Crippen LogP contribution in [0.2, 0.25) is 0 Å². The van der Waals surface area contributed by atoms with Crippen LogP contribution < -0.4 is 5.32 Å². The summed E-state index contributed by atoms with van der Waals surface area (Å²) in [7, 11) is 0. The summed E-state index contributed by atoms with van der Waals surface area (Å²) in [6.07, 6.45) is 0.807. The molecule has 0 radical (unpaired) electrons. The van der Waals surface area contributed by atoms with Crippen LogP contribution in [0.25, 0.3) is 11.4 Å². The predicted molar refractivity (Wildman–Crippen MR) is 76.7 cm³/mol. The molecule has 0 unspecified atom stereocenters. The Labute approximate surface area is 117 Å². The lowest BCUT2D eigenvalue weighted by molar-refractivity contribution is 0.109. The van der Waals surface area contributed by atoms with Gasteiger partial charge in [-0.05, 0) is 31.2 Å². The molecule has 0 spiro atoms. The first-order chi connectivity index (χ1) is 9.78. The van der Waals surface area contributed by atoms with Gasteiger partial charge in [-0.15, -0.1) is 0 Å². The minimum Gasteiger partial charge on any atom is -0.508 e. The Kier molecular flexibility index (Phi) is 3.52. The number of ether oxygens (including phenoxy) is 1. The van der Waals surface area contributed by atoms with E-state index >= 15 is 0 Å². The number of benzene rings is 1. The van der Waals surface area contributed by atoms with E-state index in [2.05, 4.69) is 15.3 Å². The highest BCUT2D eigenvalue weighted by Crippen LogP contribution is 2.26. The number of hydrogen-bond acceptors (Lipinski definition) is 5. The van der Waals surface area contributed by atoms with Crippen LogP contribution in [0.3, 0.4) is 0 Å². The van der Waals surface area contributed by atoms with Crippen molar-refractivity contribution in [3.63, 3.8) is 0 Å². The van der Waals surface area contributed by atoms with Crippen molar-refractivity contribution < 1.29 is 9.84 Å². The lowest BCUT2D eigenvalue weighted by atomic mass is 10.1. The van der Waals surface area contributed by atoms with Gasteiger partial charge in [0.1, 0.15) is 11.6 Å². The van der Waals surface area contributed by atoms with E-state index in [4.69, 9.17) is 4.74 Å². The van der Waals surface area contributed by atoms with E-state index in [1.54, 1.807) is 12.1 Å².